The number of hydrogen-bond acceptors (Lipinski definition) is 2. The SMILES string of the molecule is CC(C)(C)[C@H](O)[C@H](N)c1ccc(F)cc1F.Cl. The Morgan fingerprint density at radius 3 is 2.18 bits per heavy atom. The second-order valence-electron chi connectivity index (χ2n) is 5.00. The van der Waals surface area contributed by atoms with Crippen molar-refractivity contribution in [1.82, 2.24) is 0 Å². The molecule has 3 N–H and O–H groups in total. The molecule has 0 aromatic heterocycles. The molecule has 1 aromatic rings. The van der Waals surface area contributed by atoms with Crippen molar-refractivity contribution in [2.24, 2.45) is 11.1 Å². The summed E-state index contributed by atoms with van der Waals surface area (Å²) in [6.45, 7) is 5.41. The molecule has 0 radical (unpaired) electrons. The van der Waals surface area contributed by atoms with Gasteiger partial charge in [-0.05, 0) is 11.5 Å². The fraction of sp³-hybridized carbons (Fsp3) is 0.500. The van der Waals surface area contributed by atoms with Crippen LogP contribution in [0, 0.1) is 17.0 Å². The van der Waals surface area contributed by atoms with Gasteiger partial charge in [-0.2, -0.15) is 0 Å². The summed E-state index contributed by atoms with van der Waals surface area (Å²) in [7, 11) is 0. The first-order valence-corrected chi connectivity index (χ1v) is 5.12. The molecule has 0 aliphatic rings. The van der Waals surface area contributed by atoms with Gasteiger partial charge in [0.15, 0.2) is 0 Å². The summed E-state index contributed by atoms with van der Waals surface area (Å²) in [5.74, 6) is -1.38. The number of benzene rings is 1. The fourth-order valence-electron chi connectivity index (χ4n) is 1.48. The number of hydrogen-bond donors (Lipinski definition) is 2. The maximum Gasteiger partial charge on any atom is 0.130 e. The maximum absolute atomic E-state index is 13.4. The van der Waals surface area contributed by atoms with E-state index in [1.807, 2.05) is 0 Å². The molecule has 17 heavy (non-hydrogen) atoms. The molecule has 0 aliphatic carbocycles. The number of rotatable bonds is 2. The highest BCUT2D eigenvalue weighted by Gasteiger charge is 2.30. The Morgan fingerprint density at radius 2 is 1.76 bits per heavy atom. The van der Waals surface area contributed by atoms with Gasteiger partial charge in [0, 0.05) is 11.6 Å². The van der Waals surface area contributed by atoms with E-state index in [4.69, 9.17) is 5.73 Å². The Balaban J connectivity index is 0.00000256. The average Bonchev–Trinajstić information content (AvgIpc) is 2.14. The summed E-state index contributed by atoms with van der Waals surface area (Å²) in [5.41, 5.74) is 5.43. The smallest absolute Gasteiger partial charge is 0.130 e. The zero-order valence-corrected chi connectivity index (χ0v) is 10.9. The van der Waals surface area contributed by atoms with Gasteiger partial charge in [-0.1, -0.05) is 26.8 Å². The van der Waals surface area contributed by atoms with E-state index in [-0.39, 0.29) is 18.0 Å². The number of nitrogens with two attached hydrogens (primary N) is 1. The van der Waals surface area contributed by atoms with Gasteiger partial charge in [0.05, 0.1) is 12.1 Å². The van der Waals surface area contributed by atoms with Crippen molar-refractivity contribution in [2.45, 2.75) is 32.9 Å². The van der Waals surface area contributed by atoms with Crippen LogP contribution in [0.25, 0.3) is 0 Å². The first-order valence-electron chi connectivity index (χ1n) is 5.12. The second kappa shape index (κ2) is 5.76. The molecule has 0 spiro atoms. The topological polar surface area (TPSA) is 46.2 Å². The zero-order valence-electron chi connectivity index (χ0n) is 10.1. The van der Waals surface area contributed by atoms with E-state index in [0.717, 1.165) is 12.1 Å². The van der Waals surface area contributed by atoms with Gasteiger partial charge in [0.25, 0.3) is 0 Å². The van der Waals surface area contributed by atoms with Crippen molar-refractivity contribution in [1.29, 1.82) is 0 Å². The first-order chi connectivity index (χ1) is 7.23. The zero-order chi connectivity index (χ0) is 12.5. The average molecular weight is 266 g/mol. The van der Waals surface area contributed by atoms with E-state index in [9.17, 15) is 13.9 Å². The molecule has 0 bridgehead atoms. The van der Waals surface area contributed by atoms with E-state index < -0.39 is 29.2 Å². The highest BCUT2D eigenvalue weighted by Crippen LogP contribution is 2.29. The lowest BCUT2D eigenvalue weighted by atomic mass is 9.82. The van der Waals surface area contributed by atoms with Crippen LogP contribution in [0.15, 0.2) is 18.2 Å². The quantitative estimate of drug-likeness (QED) is 0.864. The molecule has 2 nitrogen and oxygen atoms in total. The van der Waals surface area contributed by atoms with Crippen molar-refractivity contribution in [3.63, 3.8) is 0 Å². The Hall–Kier alpha value is -0.710. The van der Waals surface area contributed by atoms with Crippen LogP contribution >= 0.6 is 12.4 Å². The van der Waals surface area contributed by atoms with Gasteiger partial charge < -0.3 is 10.8 Å². The largest absolute Gasteiger partial charge is 0.391 e. The van der Waals surface area contributed by atoms with Gasteiger partial charge in [0.1, 0.15) is 11.6 Å². The maximum atomic E-state index is 13.4. The van der Waals surface area contributed by atoms with Gasteiger partial charge >= 0.3 is 0 Å². The predicted molar refractivity (Wildman–Crippen MR) is 66.0 cm³/mol. The number of aliphatic hydroxyl groups is 1. The molecule has 0 unspecified atom stereocenters. The molecular weight excluding hydrogens is 248 g/mol. The first kappa shape index (κ1) is 16.3. The van der Waals surface area contributed by atoms with Gasteiger partial charge in [-0.25, -0.2) is 8.78 Å². The summed E-state index contributed by atoms with van der Waals surface area (Å²) < 4.78 is 26.1. The summed E-state index contributed by atoms with van der Waals surface area (Å²) in [6.07, 6.45) is -0.896. The van der Waals surface area contributed by atoms with Crippen LogP contribution in [0.5, 0.6) is 0 Å². The molecule has 0 amide bonds. The van der Waals surface area contributed by atoms with Crippen LogP contribution in [0.1, 0.15) is 32.4 Å². The van der Waals surface area contributed by atoms with E-state index in [0.29, 0.717) is 0 Å². The lowest BCUT2D eigenvalue weighted by molar-refractivity contribution is 0.0391. The van der Waals surface area contributed by atoms with Crippen LogP contribution in [-0.2, 0) is 0 Å². The summed E-state index contributed by atoms with van der Waals surface area (Å²) in [6, 6.07) is 2.31. The summed E-state index contributed by atoms with van der Waals surface area (Å²) in [5, 5.41) is 9.92. The van der Waals surface area contributed by atoms with Crippen molar-refractivity contribution in [3.05, 3.63) is 35.4 Å². The van der Waals surface area contributed by atoms with Crippen molar-refractivity contribution in [3.8, 4) is 0 Å². The molecule has 0 saturated heterocycles. The standard InChI is InChI=1S/C12H17F2NO.ClH/c1-12(2,3)11(16)10(15)8-5-4-7(13)6-9(8)14;/h4-6,10-11,16H,15H2,1-3H3;1H/t10-,11-;/m1./s1. The van der Waals surface area contributed by atoms with Crippen LogP contribution in [-0.4, -0.2) is 11.2 Å². The molecule has 2 atom stereocenters. The molecule has 0 aliphatic heterocycles. The van der Waals surface area contributed by atoms with Crippen molar-refractivity contribution < 1.29 is 13.9 Å². The van der Waals surface area contributed by atoms with Crippen LogP contribution < -0.4 is 5.73 Å². The lowest BCUT2D eigenvalue weighted by Gasteiger charge is -2.31. The molecule has 1 rings (SSSR count). The third-order valence-electron chi connectivity index (χ3n) is 2.55. The van der Waals surface area contributed by atoms with Gasteiger partial charge in [-0.15, -0.1) is 12.4 Å². The van der Waals surface area contributed by atoms with E-state index in [2.05, 4.69) is 0 Å². The normalized spacial score (nSPS) is 15.0. The molecular formula is C12H18ClF2NO. The highest BCUT2D eigenvalue weighted by molar-refractivity contribution is 5.85. The number of halogens is 3. The number of aliphatic hydroxyl groups excluding tert-OH is 1. The van der Waals surface area contributed by atoms with Crippen molar-refractivity contribution in [2.75, 3.05) is 0 Å². The van der Waals surface area contributed by atoms with Crippen LogP contribution in [0.4, 0.5) is 8.78 Å². The Kier molecular flexibility index (Phi) is 5.52. The summed E-state index contributed by atoms with van der Waals surface area (Å²) >= 11 is 0. The third-order valence-corrected chi connectivity index (χ3v) is 2.55. The Labute approximate surface area is 106 Å². The van der Waals surface area contributed by atoms with Crippen LogP contribution in [0.3, 0.4) is 0 Å². The molecule has 0 saturated carbocycles. The highest BCUT2D eigenvalue weighted by atomic mass is 35.5. The minimum Gasteiger partial charge on any atom is -0.391 e. The molecule has 5 heteroatoms. The minimum atomic E-state index is -0.896. The molecule has 0 heterocycles. The monoisotopic (exact) mass is 265 g/mol. The van der Waals surface area contributed by atoms with Crippen molar-refractivity contribution >= 4 is 12.4 Å². The van der Waals surface area contributed by atoms with Gasteiger partial charge in [0.2, 0.25) is 0 Å². The second-order valence-corrected chi connectivity index (χ2v) is 5.00. The fourth-order valence-corrected chi connectivity index (χ4v) is 1.48. The Bertz CT molecular complexity index is 379. The summed E-state index contributed by atoms with van der Waals surface area (Å²) in [4.78, 5) is 0. The third kappa shape index (κ3) is 3.91. The van der Waals surface area contributed by atoms with E-state index in [1.54, 1.807) is 20.8 Å². The van der Waals surface area contributed by atoms with Gasteiger partial charge in [-0.3, -0.25) is 0 Å². The Morgan fingerprint density at radius 1 is 1.24 bits per heavy atom. The van der Waals surface area contributed by atoms with E-state index in [1.165, 1.54) is 6.07 Å². The molecule has 1 aromatic carbocycles. The predicted octanol–water partition coefficient (Wildman–Crippen LogP) is 2.79. The van der Waals surface area contributed by atoms with E-state index >= 15 is 0 Å². The van der Waals surface area contributed by atoms with Crippen LogP contribution in [0.2, 0.25) is 0 Å². The minimum absolute atomic E-state index is 0. The molecule has 0 fully saturated rings. The molecule has 98 valence electrons. The lowest BCUT2D eigenvalue weighted by Crippen LogP contribution is -2.37.